The van der Waals surface area contributed by atoms with Crippen LogP contribution >= 0.6 is 11.6 Å². The van der Waals surface area contributed by atoms with E-state index in [0.29, 0.717) is 27.8 Å². The van der Waals surface area contributed by atoms with Gasteiger partial charge in [0.05, 0.1) is 25.5 Å². The predicted molar refractivity (Wildman–Crippen MR) is 146 cm³/mol. The van der Waals surface area contributed by atoms with Crippen LogP contribution < -0.4 is 14.8 Å². The Balaban J connectivity index is 1.53. The molecule has 36 heavy (non-hydrogen) atoms. The number of amides is 1. The zero-order valence-corrected chi connectivity index (χ0v) is 20.8. The fourth-order valence-electron chi connectivity index (χ4n) is 4.40. The van der Waals surface area contributed by atoms with Gasteiger partial charge in [-0.05, 0) is 53.1 Å². The zero-order chi connectivity index (χ0) is 25.2. The molecular formula is C30H24ClNO4. The highest BCUT2D eigenvalue weighted by molar-refractivity contribution is 6.32. The monoisotopic (exact) mass is 497 g/mol. The molecule has 0 aliphatic heterocycles. The third kappa shape index (κ3) is 4.41. The third-order valence-electron chi connectivity index (χ3n) is 6.17. The van der Waals surface area contributed by atoms with Crippen LogP contribution in [-0.2, 0) is 4.79 Å². The lowest BCUT2D eigenvalue weighted by atomic mass is 9.96. The molecule has 5 nitrogen and oxygen atoms in total. The van der Waals surface area contributed by atoms with Crippen molar-refractivity contribution in [3.8, 4) is 22.6 Å². The number of carbonyl (C=O) groups is 1. The quantitative estimate of drug-likeness (QED) is 0.242. The molecule has 0 spiro atoms. The Morgan fingerprint density at radius 1 is 0.889 bits per heavy atom. The molecule has 0 aliphatic rings. The first kappa shape index (κ1) is 23.5. The number of methoxy groups -OCH3 is 2. The lowest BCUT2D eigenvalue weighted by Crippen LogP contribution is -2.08. The maximum atomic E-state index is 12.8. The third-order valence-corrected chi connectivity index (χ3v) is 6.46. The minimum atomic E-state index is -0.280. The standard InChI is InChI=1S/C30H24ClNO4/c1-18(13-30(33)32-20-11-12-27(34-2)26(31)14-20)23-15-24-25(17-36-29(24)16-28(23)35-3)22-10-6-8-19-7-4-5-9-21(19)22/h4-17H,1-3H3,(H,32,33)/b18-13+. The van der Waals surface area contributed by atoms with Crippen LogP contribution in [0.3, 0.4) is 0 Å². The highest BCUT2D eigenvalue weighted by Gasteiger charge is 2.16. The number of halogens is 1. The van der Waals surface area contributed by atoms with Crippen LogP contribution in [0, 0.1) is 0 Å². The number of anilines is 1. The Bertz CT molecular complexity index is 1630. The second kappa shape index (κ2) is 9.80. The summed E-state index contributed by atoms with van der Waals surface area (Å²) in [5.41, 5.74) is 4.90. The van der Waals surface area contributed by atoms with Gasteiger partial charge in [0.15, 0.2) is 0 Å². The zero-order valence-electron chi connectivity index (χ0n) is 20.1. The number of allylic oxidation sites excluding steroid dienone is 1. The van der Waals surface area contributed by atoms with Crippen molar-refractivity contribution in [3.05, 3.63) is 95.7 Å². The van der Waals surface area contributed by atoms with Crippen LogP contribution in [0.1, 0.15) is 12.5 Å². The predicted octanol–water partition coefficient (Wildman–Crippen LogP) is 7.97. The van der Waals surface area contributed by atoms with Gasteiger partial charge in [-0.25, -0.2) is 0 Å². The number of ether oxygens (including phenoxy) is 2. The van der Waals surface area contributed by atoms with Crippen molar-refractivity contribution in [1.82, 2.24) is 0 Å². The van der Waals surface area contributed by atoms with E-state index in [9.17, 15) is 4.79 Å². The maximum Gasteiger partial charge on any atom is 0.248 e. The van der Waals surface area contributed by atoms with Crippen molar-refractivity contribution in [2.45, 2.75) is 6.92 Å². The Hall–Kier alpha value is -4.22. The second-order valence-electron chi connectivity index (χ2n) is 8.39. The number of benzene rings is 4. The average Bonchev–Trinajstić information content (AvgIpc) is 3.30. The van der Waals surface area contributed by atoms with Gasteiger partial charge in [0.2, 0.25) is 5.91 Å². The van der Waals surface area contributed by atoms with Gasteiger partial charge in [-0.2, -0.15) is 0 Å². The number of hydrogen-bond donors (Lipinski definition) is 1. The molecule has 1 amide bonds. The Morgan fingerprint density at radius 3 is 2.44 bits per heavy atom. The molecule has 4 aromatic carbocycles. The molecule has 1 N–H and O–H groups in total. The van der Waals surface area contributed by atoms with Gasteiger partial charge < -0.3 is 19.2 Å². The summed E-state index contributed by atoms with van der Waals surface area (Å²) < 4.78 is 16.7. The summed E-state index contributed by atoms with van der Waals surface area (Å²) in [5.74, 6) is 0.884. The van der Waals surface area contributed by atoms with E-state index in [0.717, 1.165) is 38.4 Å². The lowest BCUT2D eigenvalue weighted by Gasteiger charge is -2.11. The maximum absolute atomic E-state index is 12.8. The number of nitrogens with one attached hydrogen (secondary N) is 1. The molecule has 0 fully saturated rings. The van der Waals surface area contributed by atoms with Gasteiger partial charge in [0, 0.05) is 34.3 Å². The molecule has 5 aromatic rings. The minimum Gasteiger partial charge on any atom is -0.496 e. The fraction of sp³-hybridized carbons (Fsp3) is 0.100. The van der Waals surface area contributed by atoms with Crippen LogP contribution in [0.2, 0.25) is 5.02 Å². The SMILES string of the molecule is COc1ccc(NC(=O)/C=C(\C)c2cc3c(-c4cccc5ccccc45)coc3cc2OC)cc1Cl. The molecule has 6 heteroatoms. The number of furan rings is 1. The number of fused-ring (bicyclic) bond motifs is 2. The first-order valence-corrected chi connectivity index (χ1v) is 11.8. The summed E-state index contributed by atoms with van der Waals surface area (Å²) in [4.78, 5) is 12.8. The largest absolute Gasteiger partial charge is 0.496 e. The summed E-state index contributed by atoms with van der Waals surface area (Å²) >= 11 is 6.18. The number of hydrogen-bond acceptors (Lipinski definition) is 4. The Morgan fingerprint density at radius 2 is 1.67 bits per heavy atom. The molecule has 0 unspecified atom stereocenters. The van der Waals surface area contributed by atoms with E-state index in [1.807, 2.05) is 37.3 Å². The van der Waals surface area contributed by atoms with Crippen LogP contribution in [0.5, 0.6) is 11.5 Å². The van der Waals surface area contributed by atoms with Crippen LogP contribution in [0.15, 0.2) is 89.6 Å². The van der Waals surface area contributed by atoms with E-state index < -0.39 is 0 Å². The summed E-state index contributed by atoms with van der Waals surface area (Å²) in [6, 6.07) is 23.5. The van der Waals surface area contributed by atoms with Crippen molar-refractivity contribution in [2.75, 3.05) is 19.5 Å². The Labute approximate surface area is 213 Å². The summed E-state index contributed by atoms with van der Waals surface area (Å²) in [6.07, 6.45) is 3.31. The highest BCUT2D eigenvalue weighted by atomic mass is 35.5. The average molecular weight is 498 g/mol. The first-order chi connectivity index (χ1) is 17.5. The van der Waals surface area contributed by atoms with Gasteiger partial charge in [-0.1, -0.05) is 54.1 Å². The number of rotatable bonds is 6. The van der Waals surface area contributed by atoms with Gasteiger partial charge in [-0.3, -0.25) is 4.79 Å². The van der Waals surface area contributed by atoms with Crippen molar-refractivity contribution >= 4 is 50.5 Å². The molecule has 0 atom stereocenters. The van der Waals surface area contributed by atoms with E-state index in [1.54, 1.807) is 44.8 Å². The molecular weight excluding hydrogens is 474 g/mol. The normalized spacial score (nSPS) is 11.6. The van der Waals surface area contributed by atoms with E-state index >= 15 is 0 Å². The van der Waals surface area contributed by atoms with E-state index in [1.165, 1.54) is 0 Å². The van der Waals surface area contributed by atoms with Crippen molar-refractivity contribution in [1.29, 1.82) is 0 Å². The van der Waals surface area contributed by atoms with Crippen LogP contribution in [0.25, 0.3) is 38.4 Å². The fourth-order valence-corrected chi connectivity index (χ4v) is 4.66. The lowest BCUT2D eigenvalue weighted by molar-refractivity contribution is -0.111. The van der Waals surface area contributed by atoms with Crippen LogP contribution in [-0.4, -0.2) is 20.1 Å². The summed E-state index contributed by atoms with van der Waals surface area (Å²) in [5, 5.41) is 6.51. The molecule has 0 aliphatic carbocycles. The molecule has 180 valence electrons. The summed E-state index contributed by atoms with van der Waals surface area (Å²) in [6.45, 7) is 1.88. The van der Waals surface area contributed by atoms with Crippen molar-refractivity contribution in [2.24, 2.45) is 0 Å². The van der Waals surface area contributed by atoms with Crippen LogP contribution in [0.4, 0.5) is 5.69 Å². The molecule has 5 rings (SSSR count). The summed E-state index contributed by atoms with van der Waals surface area (Å²) in [7, 11) is 3.15. The van der Waals surface area contributed by atoms with Gasteiger partial charge >= 0.3 is 0 Å². The topological polar surface area (TPSA) is 60.7 Å². The first-order valence-electron chi connectivity index (χ1n) is 11.4. The molecule has 1 heterocycles. The van der Waals surface area contributed by atoms with E-state index in [-0.39, 0.29) is 5.91 Å². The Kier molecular flexibility index (Phi) is 6.40. The van der Waals surface area contributed by atoms with E-state index in [4.69, 9.17) is 25.5 Å². The van der Waals surface area contributed by atoms with Crippen molar-refractivity contribution in [3.63, 3.8) is 0 Å². The van der Waals surface area contributed by atoms with Crippen molar-refractivity contribution < 1.29 is 18.7 Å². The molecule has 0 saturated heterocycles. The molecule has 1 aromatic heterocycles. The highest BCUT2D eigenvalue weighted by Crippen LogP contribution is 2.39. The minimum absolute atomic E-state index is 0.280. The smallest absolute Gasteiger partial charge is 0.248 e. The molecule has 0 radical (unpaired) electrons. The van der Waals surface area contributed by atoms with Gasteiger partial charge in [-0.15, -0.1) is 0 Å². The molecule has 0 saturated carbocycles. The van der Waals surface area contributed by atoms with Gasteiger partial charge in [0.1, 0.15) is 17.1 Å². The van der Waals surface area contributed by atoms with E-state index in [2.05, 4.69) is 29.6 Å². The number of carbonyl (C=O) groups excluding carboxylic acids is 1. The van der Waals surface area contributed by atoms with Gasteiger partial charge in [0.25, 0.3) is 0 Å². The second-order valence-corrected chi connectivity index (χ2v) is 8.80. The molecule has 0 bridgehead atoms.